The first kappa shape index (κ1) is 16.1. The van der Waals surface area contributed by atoms with E-state index in [0.717, 1.165) is 25.8 Å². The molecule has 21 heavy (non-hydrogen) atoms. The Bertz CT molecular complexity index is 430. The van der Waals surface area contributed by atoms with Crippen LogP contribution in [0.4, 0.5) is 10.2 Å². The van der Waals surface area contributed by atoms with E-state index in [4.69, 9.17) is 5.73 Å². The van der Waals surface area contributed by atoms with Crippen LogP contribution in [0.15, 0.2) is 6.33 Å². The summed E-state index contributed by atoms with van der Waals surface area (Å²) < 4.78 is 14.6. The van der Waals surface area contributed by atoms with Crippen LogP contribution in [0.3, 0.4) is 0 Å². The molecule has 1 aromatic rings. The summed E-state index contributed by atoms with van der Waals surface area (Å²) in [6.45, 7) is 3.32. The SMILES string of the molecule is CCc1ncnc(N(CCCN)C2CCCCCC2)c1F. The molecule has 1 aliphatic rings. The van der Waals surface area contributed by atoms with E-state index in [1.807, 2.05) is 6.92 Å². The fraction of sp³-hybridized carbons (Fsp3) is 0.750. The van der Waals surface area contributed by atoms with Crippen LogP contribution in [0.2, 0.25) is 0 Å². The molecule has 0 atom stereocenters. The topological polar surface area (TPSA) is 55.0 Å². The number of halogens is 1. The zero-order valence-corrected chi connectivity index (χ0v) is 13.0. The Morgan fingerprint density at radius 2 is 1.95 bits per heavy atom. The summed E-state index contributed by atoms with van der Waals surface area (Å²) >= 11 is 0. The van der Waals surface area contributed by atoms with E-state index in [9.17, 15) is 4.39 Å². The number of aromatic nitrogens is 2. The van der Waals surface area contributed by atoms with Crippen molar-refractivity contribution in [3.63, 3.8) is 0 Å². The number of aryl methyl sites for hydroxylation is 1. The normalized spacial score (nSPS) is 16.7. The average molecular weight is 294 g/mol. The second-order valence-electron chi connectivity index (χ2n) is 5.79. The largest absolute Gasteiger partial charge is 0.351 e. The molecular weight excluding hydrogens is 267 g/mol. The summed E-state index contributed by atoms with van der Waals surface area (Å²) in [6.07, 6.45) is 10.2. The van der Waals surface area contributed by atoms with Gasteiger partial charge in [-0.3, -0.25) is 0 Å². The zero-order chi connectivity index (χ0) is 15.1. The first-order valence-electron chi connectivity index (χ1n) is 8.24. The van der Waals surface area contributed by atoms with Crippen molar-refractivity contribution in [3.05, 3.63) is 17.8 Å². The Morgan fingerprint density at radius 1 is 1.24 bits per heavy atom. The molecule has 0 unspecified atom stereocenters. The summed E-state index contributed by atoms with van der Waals surface area (Å²) in [4.78, 5) is 10.4. The van der Waals surface area contributed by atoms with E-state index in [2.05, 4.69) is 14.9 Å². The van der Waals surface area contributed by atoms with Crippen LogP contribution in [0.5, 0.6) is 0 Å². The molecular formula is C16H27FN4. The van der Waals surface area contributed by atoms with Gasteiger partial charge in [0.25, 0.3) is 0 Å². The maximum atomic E-state index is 14.6. The van der Waals surface area contributed by atoms with Crippen molar-refractivity contribution in [3.8, 4) is 0 Å². The van der Waals surface area contributed by atoms with Crippen molar-refractivity contribution >= 4 is 5.82 Å². The lowest BCUT2D eigenvalue weighted by Gasteiger charge is -2.32. The van der Waals surface area contributed by atoms with E-state index >= 15 is 0 Å². The lowest BCUT2D eigenvalue weighted by Crippen LogP contribution is -2.38. The zero-order valence-electron chi connectivity index (χ0n) is 13.0. The highest BCUT2D eigenvalue weighted by Crippen LogP contribution is 2.28. The van der Waals surface area contributed by atoms with Gasteiger partial charge < -0.3 is 10.6 Å². The number of hydrogen-bond acceptors (Lipinski definition) is 4. The van der Waals surface area contributed by atoms with Crippen molar-refractivity contribution in [2.24, 2.45) is 5.73 Å². The molecule has 0 radical (unpaired) electrons. The van der Waals surface area contributed by atoms with E-state index in [1.54, 1.807) is 0 Å². The van der Waals surface area contributed by atoms with E-state index in [0.29, 0.717) is 30.5 Å². The first-order chi connectivity index (χ1) is 10.3. The van der Waals surface area contributed by atoms with Crippen LogP contribution in [-0.4, -0.2) is 29.1 Å². The Balaban J connectivity index is 2.25. The van der Waals surface area contributed by atoms with Crippen molar-refractivity contribution in [1.29, 1.82) is 0 Å². The molecule has 0 saturated heterocycles. The van der Waals surface area contributed by atoms with Crippen LogP contribution in [0.1, 0.15) is 57.6 Å². The Hall–Kier alpha value is -1.23. The van der Waals surface area contributed by atoms with Crippen LogP contribution >= 0.6 is 0 Å². The predicted octanol–water partition coefficient (Wildman–Crippen LogP) is 3.06. The highest BCUT2D eigenvalue weighted by atomic mass is 19.1. The Morgan fingerprint density at radius 3 is 2.57 bits per heavy atom. The molecule has 2 N–H and O–H groups in total. The van der Waals surface area contributed by atoms with E-state index in [-0.39, 0.29) is 5.82 Å². The second-order valence-corrected chi connectivity index (χ2v) is 5.79. The number of nitrogens with zero attached hydrogens (tertiary/aromatic N) is 3. The van der Waals surface area contributed by atoms with Crippen LogP contribution in [-0.2, 0) is 6.42 Å². The van der Waals surface area contributed by atoms with Gasteiger partial charge >= 0.3 is 0 Å². The van der Waals surface area contributed by atoms with E-state index in [1.165, 1.54) is 32.0 Å². The summed E-state index contributed by atoms with van der Waals surface area (Å²) in [5.74, 6) is 0.225. The van der Waals surface area contributed by atoms with Gasteiger partial charge in [0, 0.05) is 12.6 Å². The number of nitrogens with two attached hydrogens (primary N) is 1. The minimum atomic E-state index is -0.249. The lowest BCUT2D eigenvalue weighted by atomic mass is 10.1. The van der Waals surface area contributed by atoms with Crippen molar-refractivity contribution in [1.82, 2.24) is 9.97 Å². The Kier molecular flexibility index (Phi) is 6.36. The monoisotopic (exact) mass is 294 g/mol. The quantitative estimate of drug-likeness (QED) is 0.819. The molecule has 1 aliphatic carbocycles. The second kappa shape index (κ2) is 8.27. The molecule has 4 nitrogen and oxygen atoms in total. The summed E-state index contributed by atoms with van der Waals surface area (Å²) in [5, 5.41) is 0. The molecule has 1 aromatic heterocycles. The third-order valence-corrected chi connectivity index (χ3v) is 4.32. The van der Waals surface area contributed by atoms with Crippen molar-refractivity contribution in [2.45, 2.75) is 64.3 Å². The average Bonchev–Trinajstić information content (AvgIpc) is 2.78. The van der Waals surface area contributed by atoms with E-state index < -0.39 is 0 Å². The summed E-state index contributed by atoms with van der Waals surface area (Å²) in [7, 11) is 0. The van der Waals surface area contributed by atoms with Gasteiger partial charge in [0.05, 0.1) is 5.69 Å². The van der Waals surface area contributed by atoms with Gasteiger partial charge in [-0.2, -0.15) is 0 Å². The number of anilines is 1. The van der Waals surface area contributed by atoms with Gasteiger partial charge in [-0.1, -0.05) is 32.6 Å². The van der Waals surface area contributed by atoms with Crippen molar-refractivity contribution < 1.29 is 4.39 Å². The van der Waals surface area contributed by atoms with Crippen LogP contribution in [0.25, 0.3) is 0 Å². The first-order valence-corrected chi connectivity index (χ1v) is 8.24. The molecule has 0 spiro atoms. The van der Waals surface area contributed by atoms with Gasteiger partial charge in [0.1, 0.15) is 6.33 Å². The molecule has 0 aromatic carbocycles. The minimum absolute atomic E-state index is 0.249. The molecule has 1 fully saturated rings. The smallest absolute Gasteiger partial charge is 0.187 e. The minimum Gasteiger partial charge on any atom is -0.351 e. The maximum Gasteiger partial charge on any atom is 0.187 e. The molecule has 1 heterocycles. The fourth-order valence-corrected chi connectivity index (χ4v) is 3.13. The summed E-state index contributed by atoms with van der Waals surface area (Å²) in [5.41, 5.74) is 6.16. The lowest BCUT2D eigenvalue weighted by molar-refractivity contribution is 0.496. The summed E-state index contributed by atoms with van der Waals surface area (Å²) in [6, 6.07) is 0.383. The maximum absolute atomic E-state index is 14.6. The fourth-order valence-electron chi connectivity index (χ4n) is 3.13. The van der Waals surface area contributed by atoms with Crippen LogP contribution < -0.4 is 10.6 Å². The Labute approximate surface area is 127 Å². The number of rotatable bonds is 6. The molecule has 5 heteroatoms. The standard InChI is InChI=1S/C16H27FN4/c1-2-14-15(17)16(20-12-19-14)21(11-7-10-18)13-8-5-3-4-6-9-13/h12-13H,2-11,18H2,1H3. The molecule has 1 saturated carbocycles. The molecule has 2 rings (SSSR count). The highest BCUT2D eigenvalue weighted by Gasteiger charge is 2.24. The molecule has 0 bridgehead atoms. The van der Waals surface area contributed by atoms with Gasteiger partial charge in [-0.25, -0.2) is 14.4 Å². The van der Waals surface area contributed by atoms with Gasteiger partial charge in [-0.15, -0.1) is 0 Å². The third kappa shape index (κ3) is 4.13. The molecule has 0 aliphatic heterocycles. The predicted molar refractivity (Wildman–Crippen MR) is 83.9 cm³/mol. The number of hydrogen-bond donors (Lipinski definition) is 1. The molecule has 0 amide bonds. The van der Waals surface area contributed by atoms with Gasteiger partial charge in [0.15, 0.2) is 11.6 Å². The van der Waals surface area contributed by atoms with Gasteiger partial charge in [-0.05, 0) is 32.2 Å². The molecule has 118 valence electrons. The van der Waals surface area contributed by atoms with Gasteiger partial charge in [0.2, 0.25) is 0 Å². The highest BCUT2D eigenvalue weighted by molar-refractivity contribution is 5.42. The van der Waals surface area contributed by atoms with Crippen LogP contribution in [0, 0.1) is 5.82 Å². The van der Waals surface area contributed by atoms with Crippen molar-refractivity contribution in [2.75, 3.05) is 18.0 Å². The third-order valence-electron chi connectivity index (χ3n) is 4.32.